The molecule has 0 atom stereocenters. The maximum atomic E-state index is 5.86. The van der Waals surface area contributed by atoms with Gasteiger partial charge in [0.25, 0.3) is 0 Å². The number of hydrogen-bond acceptors (Lipinski definition) is 3. The van der Waals surface area contributed by atoms with Gasteiger partial charge in [0.2, 0.25) is 0 Å². The number of nitrogens with zero attached hydrogens (tertiary/aromatic N) is 2. The van der Waals surface area contributed by atoms with Crippen LogP contribution < -0.4 is 15.1 Å². The zero-order valence-electron chi connectivity index (χ0n) is 11.9. The van der Waals surface area contributed by atoms with Crippen molar-refractivity contribution < 1.29 is 0 Å². The molecule has 0 aromatic heterocycles. The third-order valence-corrected chi connectivity index (χ3v) is 3.55. The molecular weight excluding hydrogens is 281 g/mol. The van der Waals surface area contributed by atoms with Crippen LogP contribution in [0.2, 0.25) is 0 Å². The molecule has 1 aromatic carbocycles. The van der Waals surface area contributed by atoms with Gasteiger partial charge in [0.05, 0.1) is 11.4 Å². The van der Waals surface area contributed by atoms with E-state index in [1.807, 2.05) is 7.05 Å². The molecule has 0 saturated heterocycles. The highest BCUT2D eigenvalue weighted by Crippen LogP contribution is 2.30. The SMILES string of the molecule is CCN(C)c1cc(N(CCCl)CCCl)ccc1NC. The first-order valence-electron chi connectivity index (χ1n) is 6.57. The number of benzene rings is 1. The van der Waals surface area contributed by atoms with Crippen LogP contribution in [0.5, 0.6) is 0 Å². The van der Waals surface area contributed by atoms with E-state index in [0.717, 1.165) is 31.0 Å². The summed E-state index contributed by atoms with van der Waals surface area (Å²) in [6.07, 6.45) is 0. The van der Waals surface area contributed by atoms with Crippen molar-refractivity contribution in [1.82, 2.24) is 0 Å². The minimum atomic E-state index is 0.601. The number of hydrogen-bond donors (Lipinski definition) is 1. The summed E-state index contributed by atoms with van der Waals surface area (Å²) in [5.41, 5.74) is 3.48. The maximum Gasteiger partial charge on any atom is 0.0620 e. The molecule has 1 rings (SSSR count). The Balaban J connectivity index is 3.07. The van der Waals surface area contributed by atoms with Crippen LogP contribution >= 0.6 is 23.2 Å². The standard InChI is InChI=1S/C14H23Cl2N3/c1-4-18(3)14-11-12(5-6-13(14)17-2)19(9-7-15)10-8-16/h5-6,11,17H,4,7-10H2,1-3H3. The molecule has 0 aliphatic carbocycles. The fourth-order valence-corrected chi connectivity index (χ4v) is 2.40. The third kappa shape index (κ3) is 4.36. The van der Waals surface area contributed by atoms with Gasteiger partial charge in [-0.2, -0.15) is 0 Å². The van der Waals surface area contributed by atoms with Gasteiger partial charge in [0.15, 0.2) is 0 Å². The van der Waals surface area contributed by atoms with E-state index in [9.17, 15) is 0 Å². The summed E-state index contributed by atoms with van der Waals surface area (Å²) in [5, 5.41) is 3.23. The Hall–Kier alpha value is -0.800. The van der Waals surface area contributed by atoms with E-state index in [-0.39, 0.29) is 0 Å². The van der Waals surface area contributed by atoms with Gasteiger partial charge in [-0.05, 0) is 25.1 Å². The monoisotopic (exact) mass is 303 g/mol. The van der Waals surface area contributed by atoms with Crippen LogP contribution in [0.3, 0.4) is 0 Å². The van der Waals surface area contributed by atoms with E-state index in [1.165, 1.54) is 5.69 Å². The fourth-order valence-electron chi connectivity index (χ4n) is 1.99. The van der Waals surface area contributed by atoms with E-state index < -0.39 is 0 Å². The predicted molar refractivity (Wildman–Crippen MR) is 88.6 cm³/mol. The van der Waals surface area contributed by atoms with Crippen LogP contribution in [0.25, 0.3) is 0 Å². The molecule has 108 valence electrons. The second-order valence-corrected chi connectivity index (χ2v) is 5.09. The lowest BCUT2D eigenvalue weighted by Gasteiger charge is -2.27. The van der Waals surface area contributed by atoms with Crippen molar-refractivity contribution in [2.75, 3.05) is 60.6 Å². The Kier molecular flexibility index (Phi) is 7.17. The fraction of sp³-hybridized carbons (Fsp3) is 0.571. The molecule has 0 fully saturated rings. The van der Waals surface area contributed by atoms with Crippen molar-refractivity contribution in [2.45, 2.75) is 6.92 Å². The second kappa shape index (κ2) is 8.39. The van der Waals surface area contributed by atoms with Crippen molar-refractivity contribution >= 4 is 40.3 Å². The molecule has 0 bridgehead atoms. The number of anilines is 3. The van der Waals surface area contributed by atoms with Gasteiger partial charge in [0.1, 0.15) is 0 Å². The summed E-state index contributed by atoms with van der Waals surface area (Å²) in [6.45, 7) is 4.72. The maximum absolute atomic E-state index is 5.86. The second-order valence-electron chi connectivity index (χ2n) is 4.33. The number of halogens is 2. The first kappa shape index (κ1) is 16.3. The van der Waals surface area contributed by atoms with E-state index in [1.54, 1.807) is 0 Å². The summed E-state index contributed by atoms with van der Waals surface area (Å²) >= 11 is 11.7. The van der Waals surface area contributed by atoms with Crippen LogP contribution in [-0.4, -0.2) is 45.5 Å². The van der Waals surface area contributed by atoms with Crippen LogP contribution in [0.4, 0.5) is 17.1 Å². The Morgan fingerprint density at radius 2 is 1.79 bits per heavy atom. The van der Waals surface area contributed by atoms with E-state index in [2.05, 4.69) is 47.3 Å². The zero-order valence-corrected chi connectivity index (χ0v) is 13.4. The highest BCUT2D eigenvalue weighted by molar-refractivity contribution is 6.18. The predicted octanol–water partition coefficient (Wildman–Crippen LogP) is 3.47. The van der Waals surface area contributed by atoms with Crippen molar-refractivity contribution in [1.29, 1.82) is 0 Å². The number of nitrogens with one attached hydrogen (secondary N) is 1. The molecule has 0 radical (unpaired) electrons. The van der Waals surface area contributed by atoms with Gasteiger partial charge in [0, 0.05) is 51.2 Å². The average Bonchev–Trinajstić information content (AvgIpc) is 2.45. The van der Waals surface area contributed by atoms with Gasteiger partial charge >= 0.3 is 0 Å². The number of alkyl halides is 2. The third-order valence-electron chi connectivity index (χ3n) is 3.21. The molecule has 5 heteroatoms. The van der Waals surface area contributed by atoms with Crippen LogP contribution in [-0.2, 0) is 0 Å². The molecule has 0 amide bonds. The van der Waals surface area contributed by atoms with E-state index in [4.69, 9.17) is 23.2 Å². The quantitative estimate of drug-likeness (QED) is 0.742. The summed E-state index contributed by atoms with van der Waals surface area (Å²) < 4.78 is 0. The Bertz CT molecular complexity index is 379. The first-order valence-corrected chi connectivity index (χ1v) is 7.64. The minimum absolute atomic E-state index is 0.601. The lowest BCUT2D eigenvalue weighted by Crippen LogP contribution is -2.28. The summed E-state index contributed by atoms with van der Waals surface area (Å²) in [7, 11) is 4.03. The van der Waals surface area contributed by atoms with Crippen molar-refractivity contribution in [2.24, 2.45) is 0 Å². The van der Waals surface area contributed by atoms with Gasteiger partial charge in [-0.15, -0.1) is 23.2 Å². The molecular formula is C14H23Cl2N3. The highest BCUT2D eigenvalue weighted by atomic mass is 35.5. The molecule has 0 aliphatic rings. The van der Waals surface area contributed by atoms with Crippen molar-refractivity contribution in [3.8, 4) is 0 Å². The molecule has 1 N–H and O–H groups in total. The summed E-state index contributed by atoms with van der Waals surface area (Å²) in [4.78, 5) is 4.43. The van der Waals surface area contributed by atoms with Crippen molar-refractivity contribution in [3.05, 3.63) is 18.2 Å². The van der Waals surface area contributed by atoms with E-state index in [0.29, 0.717) is 11.8 Å². The van der Waals surface area contributed by atoms with Gasteiger partial charge in [-0.1, -0.05) is 0 Å². The van der Waals surface area contributed by atoms with Gasteiger partial charge in [-0.25, -0.2) is 0 Å². The Labute approximate surface area is 126 Å². The lowest BCUT2D eigenvalue weighted by atomic mass is 10.2. The molecule has 0 heterocycles. The van der Waals surface area contributed by atoms with Crippen LogP contribution in [0.1, 0.15) is 6.92 Å². The zero-order chi connectivity index (χ0) is 14.3. The van der Waals surface area contributed by atoms with Crippen LogP contribution in [0.15, 0.2) is 18.2 Å². The molecule has 0 unspecified atom stereocenters. The minimum Gasteiger partial charge on any atom is -0.386 e. The Morgan fingerprint density at radius 1 is 1.16 bits per heavy atom. The molecule has 1 aromatic rings. The lowest BCUT2D eigenvalue weighted by molar-refractivity contribution is 0.872. The van der Waals surface area contributed by atoms with Gasteiger partial charge < -0.3 is 15.1 Å². The smallest absolute Gasteiger partial charge is 0.0620 e. The van der Waals surface area contributed by atoms with E-state index >= 15 is 0 Å². The molecule has 0 aliphatic heterocycles. The molecule has 0 spiro atoms. The Morgan fingerprint density at radius 3 is 2.26 bits per heavy atom. The highest BCUT2D eigenvalue weighted by Gasteiger charge is 2.10. The largest absolute Gasteiger partial charge is 0.386 e. The first-order chi connectivity index (χ1) is 9.17. The molecule has 0 saturated carbocycles. The van der Waals surface area contributed by atoms with Crippen molar-refractivity contribution in [3.63, 3.8) is 0 Å². The van der Waals surface area contributed by atoms with Gasteiger partial charge in [-0.3, -0.25) is 0 Å². The molecule has 3 nitrogen and oxygen atoms in total. The average molecular weight is 304 g/mol. The summed E-state index contributed by atoms with van der Waals surface area (Å²) in [5.74, 6) is 1.20. The normalized spacial score (nSPS) is 10.4. The molecule has 19 heavy (non-hydrogen) atoms. The summed E-state index contributed by atoms with van der Waals surface area (Å²) in [6, 6.07) is 6.40. The topological polar surface area (TPSA) is 18.5 Å². The number of rotatable bonds is 8. The van der Waals surface area contributed by atoms with Crippen LogP contribution in [0, 0.1) is 0 Å².